The second-order valence-corrected chi connectivity index (χ2v) is 8.52. The molecular formula is C19H28ClN5O2. The van der Waals surface area contributed by atoms with E-state index >= 15 is 0 Å². The number of nitrogens with zero attached hydrogens (tertiary/aromatic N) is 5. The summed E-state index contributed by atoms with van der Waals surface area (Å²) in [4.78, 5) is 19.2. The quantitative estimate of drug-likeness (QED) is 0.384. The molecule has 8 heteroatoms. The third-order valence-electron chi connectivity index (χ3n) is 4.08. The zero-order valence-electron chi connectivity index (χ0n) is 16.6. The molecule has 0 spiro atoms. The van der Waals surface area contributed by atoms with Gasteiger partial charge in [0.25, 0.3) is 0 Å². The van der Waals surface area contributed by atoms with Gasteiger partial charge in [-0.05, 0) is 17.0 Å². The summed E-state index contributed by atoms with van der Waals surface area (Å²) in [6.45, 7) is 9.69. The Bertz CT molecular complexity index is 765. The van der Waals surface area contributed by atoms with E-state index in [9.17, 15) is 10.1 Å². The molecule has 148 valence electrons. The van der Waals surface area contributed by atoms with Crippen molar-refractivity contribution >= 4 is 23.1 Å². The molecule has 0 amide bonds. The molecule has 0 aliphatic rings. The van der Waals surface area contributed by atoms with E-state index in [0.717, 1.165) is 25.2 Å². The Morgan fingerprint density at radius 3 is 2.48 bits per heavy atom. The minimum absolute atomic E-state index is 0.129. The van der Waals surface area contributed by atoms with Crippen molar-refractivity contribution < 1.29 is 4.92 Å². The van der Waals surface area contributed by atoms with Gasteiger partial charge in [0, 0.05) is 58.7 Å². The van der Waals surface area contributed by atoms with Gasteiger partial charge in [-0.25, -0.2) is 4.98 Å². The molecule has 0 aliphatic carbocycles. The van der Waals surface area contributed by atoms with Gasteiger partial charge in [0.1, 0.15) is 5.15 Å². The molecule has 0 saturated carbocycles. The lowest BCUT2D eigenvalue weighted by atomic mass is 9.96. The Balaban J connectivity index is 2.16. The maximum atomic E-state index is 11.3. The molecule has 27 heavy (non-hydrogen) atoms. The summed E-state index contributed by atoms with van der Waals surface area (Å²) in [5.41, 5.74) is 1.35. The molecule has 2 heterocycles. The highest BCUT2D eigenvalue weighted by Gasteiger charge is 2.22. The zero-order valence-corrected chi connectivity index (χ0v) is 17.4. The second kappa shape index (κ2) is 8.71. The number of pyridine rings is 1. The Morgan fingerprint density at radius 1 is 1.26 bits per heavy atom. The van der Waals surface area contributed by atoms with Crippen LogP contribution in [0.25, 0.3) is 0 Å². The number of aromatic nitrogens is 2. The highest BCUT2D eigenvalue weighted by atomic mass is 35.5. The van der Waals surface area contributed by atoms with Crippen molar-refractivity contribution in [3.63, 3.8) is 0 Å². The average Bonchev–Trinajstić information content (AvgIpc) is 2.98. The van der Waals surface area contributed by atoms with Crippen molar-refractivity contribution in [2.24, 2.45) is 5.41 Å². The first kappa shape index (κ1) is 21.2. The molecule has 0 aromatic carbocycles. The standard InChI is InChI=1S/C19H28ClN5O2/c1-19(2,3)14-23(13-15-6-7-17(20)21-12-15)10-11-24-9-8-16(25(26)27)18(24)22(4)5/h6-9,12H,10-11,13-14H2,1-5H3. The fourth-order valence-corrected chi connectivity index (χ4v) is 3.27. The van der Waals surface area contributed by atoms with Crippen molar-refractivity contribution in [1.29, 1.82) is 0 Å². The van der Waals surface area contributed by atoms with Gasteiger partial charge >= 0.3 is 5.69 Å². The summed E-state index contributed by atoms with van der Waals surface area (Å²) in [6.07, 6.45) is 3.58. The number of rotatable bonds is 8. The topological polar surface area (TPSA) is 67.4 Å². The van der Waals surface area contributed by atoms with E-state index in [-0.39, 0.29) is 16.0 Å². The molecule has 0 N–H and O–H groups in total. The summed E-state index contributed by atoms with van der Waals surface area (Å²) in [6, 6.07) is 5.34. The molecule has 0 saturated heterocycles. The third-order valence-corrected chi connectivity index (χ3v) is 4.31. The number of halogens is 1. The molecule has 0 atom stereocenters. The summed E-state index contributed by atoms with van der Waals surface area (Å²) in [5.74, 6) is 0.615. The SMILES string of the molecule is CN(C)c1c([N+](=O)[O-])ccn1CCN(Cc1ccc(Cl)nc1)CC(C)(C)C. The van der Waals surface area contributed by atoms with E-state index in [1.807, 2.05) is 24.7 Å². The van der Waals surface area contributed by atoms with Crippen LogP contribution in [-0.2, 0) is 13.1 Å². The van der Waals surface area contributed by atoms with Gasteiger partial charge in [-0.3, -0.25) is 15.0 Å². The number of nitro groups is 1. The monoisotopic (exact) mass is 393 g/mol. The molecule has 0 bridgehead atoms. The molecule has 0 radical (unpaired) electrons. The van der Waals surface area contributed by atoms with E-state index < -0.39 is 0 Å². The zero-order chi connectivity index (χ0) is 20.2. The largest absolute Gasteiger partial charge is 0.358 e. The molecule has 0 unspecified atom stereocenters. The first-order chi connectivity index (χ1) is 12.6. The number of anilines is 1. The average molecular weight is 394 g/mol. The van der Waals surface area contributed by atoms with E-state index in [2.05, 4.69) is 30.7 Å². The molecule has 2 aromatic heterocycles. The van der Waals surface area contributed by atoms with E-state index in [1.54, 1.807) is 29.4 Å². The van der Waals surface area contributed by atoms with Crippen molar-refractivity contribution in [2.45, 2.75) is 33.9 Å². The summed E-state index contributed by atoms with van der Waals surface area (Å²) in [7, 11) is 3.65. The van der Waals surface area contributed by atoms with Crippen molar-refractivity contribution in [3.8, 4) is 0 Å². The molecule has 0 aliphatic heterocycles. The van der Waals surface area contributed by atoms with E-state index in [1.165, 1.54) is 0 Å². The van der Waals surface area contributed by atoms with Crippen LogP contribution in [0.3, 0.4) is 0 Å². The van der Waals surface area contributed by atoms with Gasteiger partial charge in [0.05, 0.1) is 4.92 Å². The molecule has 0 fully saturated rings. The first-order valence-corrected chi connectivity index (χ1v) is 9.28. The normalized spacial score (nSPS) is 11.8. The number of hydrogen-bond donors (Lipinski definition) is 0. The van der Waals surface area contributed by atoms with Gasteiger partial charge in [0.15, 0.2) is 5.82 Å². The smallest absolute Gasteiger partial charge is 0.311 e. The number of hydrogen-bond acceptors (Lipinski definition) is 5. The van der Waals surface area contributed by atoms with Crippen molar-refractivity contribution in [1.82, 2.24) is 14.5 Å². The lowest BCUT2D eigenvalue weighted by Crippen LogP contribution is -2.35. The van der Waals surface area contributed by atoms with Crippen LogP contribution in [0, 0.1) is 15.5 Å². The molecule has 7 nitrogen and oxygen atoms in total. The van der Waals surface area contributed by atoms with Crippen LogP contribution >= 0.6 is 11.6 Å². The maximum Gasteiger partial charge on any atom is 0.311 e. The fourth-order valence-electron chi connectivity index (χ4n) is 3.15. The van der Waals surface area contributed by atoms with Crippen molar-refractivity contribution in [3.05, 3.63) is 51.4 Å². The van der Waals surface area contributed by atoms with Crippen molar-refractivity contribution in [2.75, 3.05) is 32.1 Å². The predicted octanol–water partition coefficient (Wildman–Crippen LogP) is 4.06. The van der Waals surface area contributed by atoms with Gasteiger partial charge in [-0.15, -0.1) is 0 Å². The van der Waals surface area contributed by atoms with Gasteiger partial charge in [0.2, 0.25) is 0 Å². The van der Waals surface area contributed by atoms with E-state index in [4.69, 9.17) is 11.6 Å². The van der Waals surface area contributed by atoms with Crippen LogP contribution in [0.4, 0.5) is 11.5 Å². The highest BCUT2D eigenvalue weighted by molar-refractivity contribution is 6.29. The molecular weight excluding hydrogens is 366 g/mol. The van der Waals surface area contributed by atoms with Crippen LogP contribution in [0.5, 0.6) is 0 Å². The Labute approximate surface area is 165 Å². The van der Waals surface area contributed by atoms with Crippen LogP contribution in [0.1, 0.15) is 26.3 Å². The summed E-state index contributed by atoms with van der Waals surface area (Å²) < 4.78 is 1.94. The van der Waals surface area contributed by atoms with Crippen LogP contribution in [-0.4, -0.2) is 46.6 Å². The summed E-state index contributed by atoms with van der Waals surface area (Å²) >= 11 is 5.88. The van der Waals surface area contributed by atoms with Crippen LogP contribution in [0.2, 0.25) is 5.15 Å². The third kappa shape index (κ3) is 6.22. The highest BCUT2D eigenvalue weighted by Crippen LogP contribution is 2.28. The Hall–Kier alpha value is -2.12. The fraction of sp³-hybridized carbons (Fsp3) is 0.526. The van der Waals surface area contributed by atoms with Crippen LogP contribution in [0.15, 0.2) is 30.6 Å². The minimum atomic E-state index is -0.335. The first-order valence-electron chi connectivity index (χ1n) is 8.90. The van der Waals surface area contributed by atoms with Gasteiger partial charge in [-0.1, -0.05) is 38.4 Å². The van der Waals surface area contributed by atoms with Gasteiger partial charge < -0.3 is 9.47 Å². The lowest BCUT2D eigenvalue weighted by Gasteiger charge is -2.30. The lowest BCUT2D eigenvalue weighted by molar-refractivity contribution is -0.384. The predicted molar refractivity (Wildman–Crippen MR) is 109 cm³/mol. The maximum absolute atomic E-state index is 11.3. The Kier molecular flexibility index (Phi) is 6.84. The van der Waals surface area contributed by atoms with Crippen LogP contribution < -0.4 is 4.90 Å². The summed E-state index contributed by atoms with van der Waals surface area (Å²) in [5, 5.41) is 11.8. The second-order valence-electron chi connectivity index (χ2n) is 8.13. The Morgan fingerprint density at radius 2 is 1.96 bits per heavy atom. The minimum Gasteiger partial charge on any atom is -0.358 e. The van der Waals surface area contributed by atoms with E-state index in [0.29, 0.717) is 17.5 Å². The molecule has 2 aromatic rings. The molecule has 2 rings (SSSR count). The van der Waals surface area contributed by atoms with Gasteiger partial charge in [-0.2, -0.15) is 0 Å².